The number of aliphatic hydroxyl groups excluding tert-OH is 2. The van der Waals surface area contributed by atoms with Crippen LogP contribution < -0.4 is 38.5 Å². The molecule has 0 radical (unpaired) electrons. The number of ketones is 1. The predicted octanol–water partition coefficient (Wildman–Crippen LogP) is -0.403. The third-order valence-corrected chi connectivity index (χ3v) is 13.2. The Morgan fingerprint density at radius 3 is 2.24 bits per heavy atom. The van der Waals surface area contributed by atoms with E-state index < -0.39 is 131 Å². The normalized spacial score (nSPS) is 21.5. The van der Waals surface area contributed by atoms with Gasteiger partial charge in [-0.25, -0.2) is 18.4 Å². The Morgan fingerprint density at radius 2 is 1.57 bits per heavy atom. The minimum atomic E-state index is -1.70. The number of ether oxygens (including phenoxy) is 1. The van der Waals surface area contributed by atoms with Gasteiger partial charge >= 0.3 is 11.9 Å². The number of carboxylic acid groups (broad SMARTS) is 2. The van der Waals surface area contributed by atoms with Crippen LogP contribution in [-0.4, -0.2) is 164 Å². The zero-order valence-electron chi connectivity index (χ0n) is 40.8. The molecule has 3 aliphatic heterocycles. The number of aliphatic carboxylic acids is 1. The summed E-state index contributed by atoms with van der Waals surface area (Å²) < 4.78 is 35.2. The molecular weight excluding hydrogens is 991 g/mol. The lowest BCUT2D eigenvalue weighted by atomic mass is 9.77. The Bertz CT molecular complexity index is 2680. The molecule has 404 valence electrons. The van der Waals surface area contributed by atoms with Crippen LogP contribution in [0.1, 0.15) is 91.0 Å². The number of hydrogen-bond donors (Lipinski definition) is 11. The number of aromatic carboxylic acids is 1. The topological polar surface area (TPSA) is 389 Å². The van der Waals surface area contributed by atoms with Gasteiger partial charge in [0.2, 0.25) is 35.3 Å². The Balaban J connectivity index is 1.11. The van der Waals surface area contributed by atoms with E-state index in [0.29, 0.717) is 25.7 Å². The average molecular weight is 1050 g/mol. The summed E-state index contributed by atoms with van der Waals surface area (Å²) in [6, 6.07) is -3.02. The zero-order valence-corrected chi connectivity index (χ0v) is 40.8. The molecule has 26 heteroatoms. The molecule has 1 aromatic carbocycles. The number of fused-ring (bicyclic) bond motifs is 2. The van der Waals surface area contributed by atoms with E-state index in [1.807, 2.05) is 0 Å². The van der Waals surface area contributed by atoms with Crippen molar-refractivity contribution in [3.05, 3.63) is 87.9 Å². The van der Waals surface area contributed by atoms with Crippen LogP contribution in [-0.2, 0) is 38.3 Å². The molecule has 2 saturated heterocycles. The highest BCUT2D eigenvalue weighted by atomic mass is 19.1. The van der Waals surface area contributed by atoms with Crippen molar-refractivity contribution >= 4 is 64.7 Å². The van der Waals surface area contributed by atoms with E-state index in [-0.39, 0.29) is 92.3 Å². The summed E-state index contributed by atoms with van der Waals surface area (Å²) in [6.45, 7) is 1.02. The number of likely N-dealkylation sites (tertiary alicyclic amines) is 2. The number of unbranched alkanes of at least 4 members (excludes halogenated alkanes) is 1. The summed E-state index contributed by atoms with van der Waals surface area (Å²) >= 11 is 0. The van der Waals surface area contributed by atoms with Crippen LogP contribution in [0.4, 0.5) is 8.78 Å². The number of benzene rings is 1. The van der Waals surface area contributed by atoms with Crippen molar-refractivity contribution in [2.45, 2.75) is 107 Å². The third-order valence-electron chi connectivity index (χ3n) is 13.2. The van der Waals surface area contributed by atoms with E-state index in [1.165, 1.54) is 28.9 Å². The molecule has 1 aromatic rings. The third kappa shape index (κ3) is 13.4. The molecule has 5 aliphatic rings. The number of aliphatic imine (C=N–C) groups is 1. The molecular formula is C49H60F2N10O14. The number of halogens is 2. The summed E-state index contributed by atoms with van der Waals surface area (Å²) in [7, 11) is 0. The second-order valence-corrected chi connectivity index (χ2v) is 18.5. The van der Waals surface area contributed by atoms with Crippen molar-refractivity contribution in [3.8, 4) is 0 Å². The molecule has 8 unspecified atom stereocenters. The Morgan fingerprint density at radius 1 is 0.880 bits per heavy atom. The first-order chi connectivity index (χ1) is 35.6. The fourth-order valence-electron chi connectivity index (χ4n) is 9.54. The predicted molar refractivity (Wildman–Crippen MR) is 261 cm³/mol. The fourth-order valence-corrected chi connectivity index (χ4v) is 9.54. The number of carbonyl (C=O) groups is 9. The fraction of sp³-hybridized carbons (Fsp3) is 0.469. The standard InChI is InChI=1S/C49H60F2N10O14/c1-23(62)41(59-39(65)22-56-42(66)24-11-12-25(26(17-24)47(71)72)40-27-18-29(50)35(63)20-37(27)75-38-21-36(64)30(51)19-28(38)40)44(68)57-31(7-2-3-13-52)45(69)61-16-6-10-34(61)46(70)60-15-5-9-33(60)43(67)58-32(48(73)74)8-4-14-55-49(53)54/h11-12,17-21,23,27,31-34,37,41,62-63H,2-10,13-16,22,52H2,1H3,(H,56,66)(H,57,68)(H,58,67)(H,59,65)(H,71,72)(H,73,74)(H4,53,54,55). The minimum absolute atomic E-state index is 0.00271. The van der Waals surface area contributed by atoms with Gasteiger partial charge < -0.3 is 73.4 Å². The Labute approximate surface area is 427 Å². The highest BCUT2D eigenvalue weighted by molar-refractivity contribution is 6.07. The van der Waals surface area contributed by atoms with E-state index in [1.54, 1.807) is 0 Å². The van der Waals surface area contributed by atoms with E-state index in [2.05, 4.69) is 26.3 Å². The molecule has 2 aliphatic carbocycles. The van der Waals surface area contributed by atoms with Crippen LogP contribution in [0.15, 0.2) is 76.2 Å². The van der Waals surface area contributed by atoms with Gasteiger partial charge in [0, 0.05) is 48.8 Å². The molecule has 6 rings (SSSR count). The van der Waals surface area contributed by atoms with Gasteiger partial charge in [-0.2, -0.15) is 0 Å². The number of nitrogens with two attached hydrogens (primary N) is 3. The molecule has 0 saturated carbocycles. The largest absolute Gasteiger partial charge is 0.505 e. The Kier molecular flexibility index (Phi) is 18.6. The molecule has 6 amide bonds. The number of nitrogens with zero attached hydrogens (tertiary/aromatic N) is 3. The van der Waals surface area contributed by atoms with Crippen LogP contribution in [0.5, 0.6) is 0 Å². The number of amides is 6. The molecule has 0 aromatic heterocycles. The van der Waals surface area contributed by atoms with Crippen molar-refractivity contribution in [1.82, 2.24) is 31.1 Å². The first-order valence-electron chi connectivity index (χ1n) is 24.3. The smallest absolute Gasteiger partial charge is 0.336 e. The quantitative estimate of drug-likeness (QED) is 0.0400. The van der Waals surface area contributed by atoms with Gasteiger partial charge in [0.15, 0.2) is 23.4 Å². The summed E-state index contributed by atoms with van der Waals surface area (Å²) in [4.78, 5) is 126. The van der Waals surface area contributed by atoms with Gasteiger partial charge in [0.25, 0.3) is 5.91 Å². The summed E-state index contributed by atoms with van der Waals surface area (Å²) in [6.07, 6.45) is 3.23. The van der Waals surface area contributed by atoms with Crippen LogP contribution >= 0.6 is 0 Å². The molecule has 8 atom stereocenters. The minimum Gasteiger partial charge on any atom is -0.505 e. The summed E-state index contributed by atoms with van der Waals surface area (Å²) in [5, 5.41) is 50.5. The number of carbonyl (C=O) groups excluding carboxylic acids is 7. The number of rotatable bonds is 22. The van der Waals surface area contributed by atoms with Gasteiger partial charge in [0.05, 0.1) is 18.2 Å². The lowest BCUT2D eigenvalue weighted by Crippen LogP contribution is -2.60. The first kappa shape index (κ1) is 56.3. The van der Waals surface area contributed by atoms with Crippen LogP contribution in [0.2, 0.25) is 0 Å². The second kappa shape index (κ2) is 24.8. The van der Waals surface area contributed by atoms with E-state index in [4.69, 9.17) is 21.9 Å². The SMILES string of the molecule is CC(O)C(NC(=O)CNC(=O)c1ccc(C2=C3C=C(F)C(=O)C=C3OC3C=C(O)C(F)=CC23)c(C(=O)O)c1)C(=O)NC(CCCCN)C(=O)N1CCCC1C(=O)N1CCCC1C(=O)NC(CCCN=C(N)N)C(=O)O. The molecule has 3 heterocycles. The number of guanidine groups is 1. The van der Waals surface area contributed by atoms with Gasteiger partial charge in [-0.05, 0) is 107 Å². The van der Waals surface area contributed by atoms with E-state index in [9.17, 15) is 72.4 Å². The highest BCUT2D eigenvalue weighted by Crippen LogP contribution is 2.46. The van der Waals surface area contributed by atoms with Crippen molar-refractivity contribution < 1.29 is 77.1 Å². The van der Waals surface area contributed by atoms with Crippen LogP contribution in [0.25, 0.3) is 5.57 Å². The summed E-state index contributed by atoms with van der Waals surface area (Å²) in [5.41, 5.74) is 15.4. The zero-order chi connectivity index (χ0) is 54.8. The Hall–Kier alpha value is -8.00. The number of allylic oxidation sites excluding steroid dienone is 4. The molecule has 0 bridgehead atoms. The van der Waals surface area contributed by atoms with Gasteiger partial charge in [-0.15, -0.1) is 0 Å². The number of aliphatic hydroxyl groups is 2. The number of hydrogen-bond acceptors (Lipinski definition) is 14. The molecule has 14 N–H and O–H groups in total. The maximum absolute atomic E-state index is 14.8. The van der Waals surface area contributed by atoms with Crippen LogP contribution in [0, 0.1) is 5.92 Å². The molecule has 24 nitrogen and oxygen atoms in total. The van der Waals surface area contributed by atoms with E-state index >= 15 is 0 Å². The van der Waals surface area contributed by atoms with E-state index in [0.717, 1.165) is 30.4 Å². The maximum Gasteiger partial charge on any atom is 0.336 e. The molecule has 75 heavy (non-hydrogen) atoms. The van der Waals surface area contributed by atoms with Crippen molar-refractivity contribution in [2.24, 2.45) is 28.1 Å². The first-order valence-corrected chi connectivity index (χ1v) is 24.3. The molecule has 0 spiro atoms. The van der Waals surface area contributed by atoms with Crippen molar-refractivity contribution in [1.29, 1.82) is 0 Å². The van der Waals surface area contributed by atoms with Crippen molar-refractivity contribution in [2.75, 3.05) is 32.7 Å². The lowest BCUT2D eigenvalue weighted by Gasteiger charge is -2.37. The number of nitrogens with one attached hydrogen (secondary N) is 4. The molecule has 2 fully saturated rings. The van der Waals surface area contributed by atoms with Crippen LogP contribution in [0.3, 0.4) is 0 Å². The van der Waals surface area contributed by atoms with Gasteiger partial charge in [-0.3, -0.25) is 38.6 Å². The van der Waals surface area contributed by atoms with Gasteiger partial charge in [0.1, 0.15) is 42.1 Å². The maximum atomic E-state index is 14.8. The summed E-state index contributed by atoms with van der Waals surface area (Å²) in [5.74, 6) is -13.3. The monoisotopic (exact) mass is 1050 g/mol. The van der Waals surface area contributed by atoms with Gasteiger partial charge in [-0.1, -0.05) is 6.07 Å². The number of carboxylic acids is 2. The highest BCUT2D eigenvalue weighted by Gasteiger charge is 2.45. The lowest BCUT2D eigenvalue weighted by molar-refractivity contribution is -0.149. The average Bonchev–Trinajstić information content (AvgIpc) is 4.07. The second-order valence-electron chi connectivity index (χ2n) is 18.5. The van der Waals surface area contributed by atoms with Crippen molar-refractivity contribution in [3.63, 3.8) is 0 Å².